The first-order valence-electron chi connectivity index (χ1n) is 6.88. The van der Waals surface area contributed by atoms with E-state index in [2.05, 4.69) is 4.52 Å². The lowest BCUT2D eigenvalue weighted by Gasteiger charge is -2.15. The molecule has 1 aromatic heterocycles. The zero-order valence-electron chi connectivity index (χ0n) is 12.1. The first-order valence-corrected chi connectivity index (χ1v) is 8.41. The predicted molar refractivity (Wildman–Crippen MR) is 83.6 cm³/mol. The highest BCUT2D eigenvalue weighted by Gasteiger charge is 2.16. The van der Waals surface area contributed by atoms with Crippen LogP contribution in [0.4, 0.5) is 8.78 Å². The van der Waals surface area contributed by atoms with Gasteiger partial charge in [-0.15, -0.1) is 0 Å². The molecule has 3 rings (SSSR count). The number of phosphoric acid groups is 1. The highest BCUT2D eigenvalue weighted by atomic mass is 31.2. The van der Waals surface area contributed by atoms with Crippen molar-refractivity contribution in [2.45, 2.75) is 6.54 Å². The number of benzene rings is 2. The van der Waals surface area contributed by atoms with E-state index < -0.39 is 24.9 Å². The minimum absolute atomic E-state index is 0.0620. The molecule has 3 aromatic rings. The third-order valence-corrected chi connectivity index (χ3v) is 4.08. The Morgan fingerprint density at radius 3 is 2.38 bits per heavy atom. The fourth-order valence-corrected chi connectivity index (χ4v) is 2.93. The predicted octanol–water partition coefficient (Wildman–Crippen LogP) is 2.54. The molecule has 24 heavy (non-hydrogen) atoms. The smallest absolute Gasteiger partial charge is 0.338 e. The summed E-state index contributed by atoms with van der Waals surface area (Å²) in [4.78, 5) is 30.0. The third kappa shape index (κ3) is 3.22. The van der Waals surface area contributed by atoms with Crippen molar-refractivity contribution in [1.82, 2.24) is 4.57 Å². The Kier molecular flexibility index (Phi) is 4.23. The third-order valence-electron chi connectivity index (χ3n) is 3.56. The van der Waals surface area contributed by atoms with Gasteiger partial charge >= 0.3 is 7.82 Å². The van der Waals surface area contributed by atoms with E-state index >= 15 is 0 Å². The van der Waals surface area contributed by atoms with Crippen LogP contribution in [0.3, 0.4) is 0 Å². The molecule has 0 fully saturated rings. The van der Waals surface area contributed by atoms with Gasteiger partial charge in [-0.05, 0) is 36.4 Å². The summed E-state index contributed by atoms with van der Waals surface area (Å²) in [6.45, 7) is -0.432. The topological polar surface area (TPSA) is 88.8 Å². The Balaban J connectivity index is 2.25. The second kappa shape index (κ2) is 6.07. The Hall–Kier alpha value is -2.12. The van der Waals surface area contributed by atoms with E-state index in [0.29, 0.717) is 5.52 Å². The molecule has 2 N–H and O–H groups in total. The molecule has 0 amide bonds. The molecule has 0 bridgehead atoms. The van der Waals surface area contributed by atoms with E-state index in [0.717, 1.165) is 24.3 Å². The molecule has 6 nitrogen and oxygen atoms in total. The average Bonchev–Trinajstić information content (AvgIpc) is 2.49. The molecule has 9 heteroatoms. The van der Waals surface area contributed by atoms with Crippen molar-refractivity contribution in [2.75, 3.05) is 6.61 Å². The van der Waals surface area contributed by atoms with Crippen LogP contribution in [-0.4, -0.2) is 21.0 Å². The van der Waals surface area contributed by atoms with Crippen molar-refractivity contribution in [3.8, 4) is 0 Å². The Bertz CT molecular complexity index is 1040. The van der Waals surface area contributed by atoms with Crippen LogP contribution in [0.1, 0.15) is 0 Å². The van der Waals surface area contributed by atoms with E-state index in [1.807, 2.05) is 0 Å². The molecule has 0 atom stereocenters. The molecule has 0 aliphatic carbocycles. The van der Waals surface area contributed by atoms with Crippen LogP contribution in [0, 0.1) is 11.6 Å². The maximum Gasteiger partial charge on any atom is 0.469 e. The van der Waals surface area contributed by atoms with Gasteiger partial charge in [0.05, 0.1) is 17.6 Å². The number of fused-ring (bicyclic) bond motifs is 2. The fourth-order valence-electron chi connectivity index (χ4n) is 2.61. The van der Waals surface area contributed by atoms with Crippen molar-refractivity contribution < 1.29 is 27.7 Å². The highest BCUT2D eigenvalue weighted by Crippen LogP contribution is 2.35. The van der Waals surface area contributed by atoms with Crippen LogP contribution >= 0.6 is 7.82 Å². The van der Waals surface area contributed by atoms with E-state index in [-0.39, 0.29) is 29.4 Å². The van der Waals surface area contributed by atoms with Gasteiger partial charge in [0, 0.05) is 17.3 Å². The van der Waals surface area contributed by atoms with Crippen molar-refractivity contribution in [3.63, 3.8) is 0 Å². The lowest BCUT2D eigenvalue weighted by Crippen LogP contribution is -2.14. The van der Waals surface area contributed by atoms with Crippen molar-refractivity contribution >= 4 is 29.6 Å². The molecule has 0 aliphatic heterocycles. The quantitative estimate of drug-likeness (QED) is 0.555. The fraction of sp³-hybridized carbons (Fsp3) is 0.133. The van der Waals surface area contributed by atoms with Crippen LogP contribution < -0.4 is 5.43 Å². The van der Waals surface area contributed by atoms with Gasteiger partial charge in [-0.3, -0.25) is 9.32 Å². The van der Waals surface area contributed by atoms with Gasteiger partial charge in [-0.1, -0.05) is 0 Å². The molecule has 0 saturated heterocycles. The Labute approximate surface area is 134 Å². The van der Waals surface area contributed by atoms with Crippen LogP contribution in [0.15, 0.2) is 41.2 Å². The van der Waals surface area contributed by atoms with Gasteiger partial charge in [0.2, 0.25) is 0 Å². The zero-order chi connectivity index (χ0) is 17.5. The molecule has 0 spiro atoms. The van der Waals surface area contributed by atoms with Crippen LogP contribution in [0.2, 0.25) is 0 Å². The number of pyridine rings is 1. The molecule has 0 radical (unpaired) electrons. The molecule has 0 aliphatic rings. The SMILES string of the molecule is O=c1c2cc(F)ccc2n(CCOP(=O)(O)O)c2cc(F)ccc12. The molecule has 0 saturated carbocycles. The lowest BCUT2D eigenvalue weighted by molar-refractivity contribution is 0.191. The number of hydrogen-bond donors (Lipinski definition) is 2. The molecular formula is C15H12F2NO5P. The summed E-state index contributed by atoms with van der Waals surface area (Å²) in [6, 6.07) is 7.11. The lowest BCUT2D eigenvalue weighted by atomic mass is 10.1. The Morgan fingerprint density at radius 1 is 1.00 bits per heavy atom. The number of halogens is 2. The van der Waals surface area contributed by atoms with E-state index in [9.17, 15) is 18.1 Å². The van der Waals surface area contributed by atoms with E-state index in [1.165, 1.54) is 16.7 Å². The van der Waals surface area contributed by atoms with E-state index in [4.69, 9.17) is 9.79 Å². The van der Waals surface area contributed by atoms with Crippen molar-refractivity contribution in [2.24, 2.45) is 0 Å². The van der Waals surface area contributed by atoms with Gasteiger partial charge in [0.15, 0.2) is 5.43 Å². The van der Waals surface area contributed by atoms with Gasteiger partial charge in [-0.2, -0.15) is 0 Å². The largest absolute Gasteiger partial charge is 0.469 e. The zero-order valence-corrected chi connectivity index (χ0v) is 13.0. The van der Waals surface area contributed by atoms with Crippen molar-refractivity contribution in [1.29, 1.82) is 0 Å². The first-order chi connectivity index (χ1) is 11.3. The monoisotopic (exact) mass is 355 g/mol. The Morgan fingerprint density at radius 2 is 1.67 bits per heavy atom. The summed E-state index contributed by atoms with van der Waals surface area (Å²) in [5, 5.41) is 0.260. The normalized spacial score (nSPS) is 12.2. The minimum Gasteiger partial charge on any atom is -0.338 e. The summed E-state index contributed by atoms with van der Waals surface area (Å²) in [7, 11) is -4.66. The molecule has 0 unspecified atom stereocenters. The summed E-state index contributed by atoms with van der Waals surface area (Å²) in [5.74, 6) is -1.17. The number of nitrogens with zero attached hydrogens (tertiary/aromatic N) is 1. The van der Waals surface area contributed by atoms with Gasteiger partial charge in [0.25, 0.3) is 0 Å². The molecular weight excluding hydrogens is 343 g/mol. The number of hydrogen-bond acceptors (Lipinski definition) is 3. The number of rotatable bonds is 4. The highest BCUT2D eigenvalue weighted by molar-refractivity contribution is 7.46. The molecule has 2 aromatic carbocycles. The average molecular weight is 355 g/mol. The summed E-state index contributed by atoms with van der Waals surface area (Å²) in [6.07, 6.45) is 0. The molecule has 1 heterocycles. The second-order valence-electron chi connectivity index (χ2n) is 5.13. The van der Waals surface area contributed by atoms with Gasteiger partial charge in [0.1, 0.15) is 11.6 Å². The van der Waals surface area contributed by atoms with Crippen LogP contribution in [-0.2, 0) is 15.6 Å². The number of aromatic nitrogens is 1. The second-order valence-corrected chi connectivity index (χ2v) is 6.37. The number of phosphoric ester groups is 1. The maximum absolute atomic E-state index is 13.6. The van der Waals surface area contributed by atoms with Crippen LogP contribution in [0.25, 0.3) is 21.8 Å². The minimum atomic E-state index is -4.66. The summed E-state index contributed by atoms with van der Waals surface area (Å²) in [5.41, 5.74) is 0.0916. The van der Waals surface area contributed by atoms with E-state index in [1.54, 1.807) is 0 Å². The first kappa shape index (κ1) is 16.7. The molecule has 126 valence electrons. The maximum atomic E-state index is 13.6. The van der Waals surface area contributed by atoms with Gasteiger partial charge in [-0.25, -0.2) is 13.3 Å². The van der Waals surface area contributed by atoms with Crippen molar-refractivity contribution in [3.05, 3.63) is 58.3 Å². The van der Waals surface area contributed by atoms with Crippen LogP contribution in [0.5, 0.6) is 0 Å². The summed E-state index contributed by atoms with van der Waals surface area (Å²) < 4.78 is 43.8. The van der Waals surface area contributed by atoms with Gasteiger partial charge < -0.3 is 14.4 Å². The summed E-state index contributed by atoms with van der Waals surface area (Å²) >= 11 is 0. The standard InChI is InChI=1S/C15H12F2NO5P/c16-9-2-4-13-12(7-9)15(19)11-3-1-10(17)8-14(11)18(13)5-6-23-24(20,21)22/h1-4,7-8H,5-6H2,(H2,20,21,22).